The van der Waals surface area contributed by atoms with E-state index in [0.717, 1.165) is 0 Å². The number of pyridine rings is 1. The van der Waals surface area contributed by atoms with Crippen LogP contribution in [0.2, 0.25) is 13.1 Å². The van der Waals surface area contributed by atoms with Crippen LogP contribution in [0.5, 0.6) is 0 Å². The molecule has 0 aliphatic heterocycles. The average molecular weight is 282 g/mol. The topological polar surface area (TPSA) is 85.4 Å². The van der Waals surface area contributed by atoms with Gasteiger partial charge in [0, 0.05) is 0 Å². The van der Waals surface area contributed by atoms with Crippen LogP contribution in [0, 0.1) is 5.41 Å². The van der Waals surface area contributed by atoms with Crippen molar-refractivity contribution in [3.05, 3.63) is 23.5 Å². The molecule has 0 saturated carbocycles. The molecule has 1 atom stereocenters. The van der Waals surface area contributed by atoms with Crippen molar-refractivity contribution in [1.29, 1.82) is 0 Å². The molecule has 6 heteroatoms. The van der Waals surface area contributed by atoms with E-state index in [-0.39, 0.29) is 22.9 Å². The Bertz CT molecular complexity index is 469. The number of anilines is 1. The van der Waals surface area contributed by atoms with E-state index >= 15 is 0 Å². The Morgan fingerprint density at radius 2 is 2.00 bits per heavy atom. The van der Waals surface area contributed by atoms with Gasteiger partial charge in [0.25, 0.3) is 0 Å². The number of nitrogen functional groups attached to an aromatic ring is 1. The zero-order valence-electron chi connectivity index (χ0n) is 12.1. The van der Waals surface area contributed by atoms with Crippen LogP contribution in [0.1, 0.15) is 43.1 Å². The fraction of sp³-hybridized carbons (Fsp3) is 0.538. The number of carboxylic acid groups (broad SMARTS) is 1. The summed E-state index contributed by atoms with van der Waals surface area (Å²) in [5, 5.41) is 9.08. The normalized spacial score (nSPS) is 13.6. The molecular weight excluding hydrogens is 260 g/mol. The van der Waals surface area contributed by atoms with Crippen LogP contribution in [0.4, 0.5) is 5.69 Å². The van der Waals surface area contributed by atoms with Crippen LogP contribution >= 0.6 is 0 Å². The van der Waals surface area contributed by atoms with Crippen molar-refractivity contribution in [1.82, 2.24) is 4.98 Å². The second kappa shape index (κ2) is 5.71. The second-order valence-electron chi connectivity index (χ2n) is 5.91. The molecule has 1 rings (SSSR count). The molecule has 1 aromatic heterocycles. The highest BCUT2D eigenvalue weighted by Gasteiger charge is 2.30. The van der Waals surface area contributed by atoms with E-state index < -0.39 is 15.0 Å². The summed E-state index contributed by atoms with van der Waals surface area (Å²) in [6.07, 6.45) is -0.224. The number of aromatic nitrogens is 1. The van der Waals surface area contributed by atoms with E-state index in [0.29, 0.717) is 5.69 Å². The Hall–Kier alpha value is -1.40. The minimum Gasteiger partial charge on any atom is -0.476 e. The number of nitrogens with two attached hydrogens (primary N) is 1. The van der Waals surface area contributed by atoms with Crippen LogP contribution in [-0.4, -0.2) is 25.1 Å². The van der Waals surface area contributed by atoms with Gasteiger partial charge < -0.3 is 15.3 Å². The molecule has 0 spiro atoms. The second-order valence-corrected chi connectivity index (χ2v) is 8.28. The Labute approximate surface area is 115 Å². The molecule has 0 aromatic carbocycles. The molecule has 0 fully saturated rings. The first-order valence-electron chi connectivity index (χ1n) is 6.28. The first kappa shape index (κ1) is 15.7. The van der Waals surface area contributed by atoms with E-state index in [9.17, 15) is 4.79 Å². The third-order valence-corrected chi connectivity index (χ3v) is 3.43. The lowest BCUT2D eigenvalue weighted by Crippen LogP contribution is -2.27. The van der Waals surface area contributed by atoms with E-state index in [1.165, 1.54) is 0 Å². The van der Waals surface area contributed by atoms with Gasteiger partial charge in [-0.25, -0.2) is 9.78 Å². The lowest BCUT2D eigenvalue weighted by Gasteiger charge is -2.32. The average Bonchev–Trinajstić information content (AvgIpc) is 2.24. The SMILES string of the molecule is C[SiH](C)OC(c1ccc(N)c(C(=O)O)n1)C(C)(C)C. The van der Waals surface area contributed by atoms with Gasteiger partial charge in [0.1, 0.15) is 0 Å². The maximum absolute atomic E-state index is 11.1. The van der Waals surface area contributed by atoms with Gasteiger partial charge in [0.15, 0.2) is 14.7 Å². The van der Waals surface area contributed by atoms with Crippen molar-refractivity contribution in [3.63, 3.8) is 0 Å². The van der Waals surface area contributed by atoms with Crippen molar-refractivity contribution in [2.45, 2.75) is 40.0 Å². The molecule has 1 heterocycles. The van der Waals surface area contributed by atoms with Gasteiger partial charge in [0.05, 0.1) is 17.5 Å². The molecule has 0 radical (unpaired) electrons. The van der Waals surface area contributed by atoms with E-state index in [1.54, 1.807) is 12.1 Å². The summed E-state index contributed by atoms with van der Waals surface area (Å²) in [6, 6.07) is 3.32. The number of carbonyl (C=O) groups is 1. The quantitative estimate of drug-likeness (QED) is 0.828. The van der Waals surface area contributed by atoms with Crippen molar-refractivity contribution < 1.29 is 14.3 Å². The maximum Gasteiger partial charge on any atom is 0.356 e. The van der Waals surface area contributed by atoms with Crippen molar-refractivity contribution >= 4 is 20.7 Å². The highest BCUT2D eigenvalue weighted by atomic mass is 28.3. The lowest BCUT2D eigenvalue weighted by molar-refractivity contribution is 0.0681. The fourth-order valence-electron chi connectivity index (χ4n) is 1.79. The van der Waals surface area contributed by atoms with Gasteiger partial charge >= 0.3 is 5.97 Å². The molecule has 3 N–H and O–H groups in total. The molecule has 106 valence electrons. The summed E-state index contributed by atoms with van der Waals surface area (Å²) in [6.45, 7) is 10.3. The van der Waals surface area contributed by atoms with Crippen molar-refractivity contribution in [2.24, 2.45) is 5.41 Å². The molecule has 1 unspecified atom stereocenters. The maximum atomic E-state index is 11.1. The zero-order chi connectivity index (χ0) is 14.8. The van der Waals surface area contributed by atoms with Gasteiger partial charge in [0.2, 0.25) is 0 Å². The smallest absolute Gasteiger partial charge is 0.356 e. The van der Waals surface area contributed by atoms with Gasteiger partial charge in [-0.3, -0.25) is 0 Å². The molecule has 0 aliphatic carbocycles. The number of aromatic carboxylic acids is 1. The van der Waals surface area contributed by atoms with E-state index in [4.69, 9.17) is 15.3 Å². The molecule has 0 bridgehead atoms. The number of carboxylic acids is 1. The van der Waals surface area contributed by atoms with E-state index in [1.807, 2.05) is 20.8 Å². The summed E-state index contributed by atoms with van der Waals surface area (Å²) < 4.78 is 6.02. The highest BCUT2D eigenvalue weighted by Crippen LogP contribution is 2.36. The molecular formula is C13H22N2O3Si. The van der Waals surface area contributed by atoms with Gasteiger partial charge in [-0.05, 0) is 30.6 Å². The number of hydrogen-bond acceptors (Lipinski definition) is 4. The molecule has 0 amide bonds. The van der Waals surface area contributed by atoms with Gasteiger partial charge in [-0.15, -0.1) is 0 Å². The highest BCUT2D eigenvalue weighted by molar-refractivity contribution is 6.48. The van der Waals surface area contributed by atoms with Gasteiger partial charge in [-0.1, -0.05) is 20.8 Å². The minimum absolute atomic E-state index is 0.110. The van der Waals surface area contributed by atoms with Crippen LogP contribution in [0.15, 0.2) is 12.1 Å². The molecule has 5 nitrogen and oxygen atoms in total. The largest absolute Gasteiger partial charge is 0.476 e. The molecule has 1 aromatic rings. The van der Waals surface area contributed by atoms with Crippen LogP contribution < -0.4 is 5.73 Å². The van der Waals surface area contributed by atoms with Crippen LogP contribution in [0.25, 0.3) is 0 Å². The standard InChI is InChI=1S/C13H22N2O3Si/c1-13(2,3)11(18-19(4)5)9-7-6-8(14)10(15-9)12(16)17/h6-7,11,19H,14H2,1-5H3,(H,16,17). The number of rotatable bonds is 4. The third kappa shape index (κ3) is 4.04. The summed E-state index contributed by atoms with van der Waals surface area (Å²) in [5.41, 5.74) is 6.16. The van der Waals surface area contributed by atoms with Crippen LogP contribution in [0.3, 0.4) is 0 Å². The first-order valence-corrected chi connectivity index (χ1v) is 9.06. The summed E-state index contributed by atoms with van der Waals surface area (Å²) >= 11 is 0. The Morgan fingerprint density at radius 1 is 1.42 bits per heavy atom. The Kier molecular flexibility index (Phi) is 4.70. The fourth-order valence-corrected chi connectivity index (χ4v) is 2.88. The summed E-state index contributed by atoms with van der Waals surface area (Å²) in [4.78, 5) is 15.3. The lowest BCUT2D eigenvalue weighted by atomic mass is 9.87. The molecule has 0 aliphatic rings. The first-order chi connectivity index (χ1) is 8.62. The summed E-state index contributed by atoms with van der Waals surface area (Å²) in [5.74, 6) is -1.12. The predicted octanol–water partition coefficient (Wildman–Crippen LogP) is 2.45. The monoisotopic (exact) mass is 282 g/mol. The minimum atomic E-state index is -1.27. The van der Waals surface area contributed by atoms with Gasteiger partial charge in [-0.2, -0.15) is 0 Å². The van der Waals surface area contributed by atoms with Crippen LogP contribution in [-0.2, 0) is 4.43 Å². The number of hydrogen-bond donors (Lipinski definition) is 2. The predicted molar refractivity (Wildman–Crippen MR) is 77.8 cm³/mol. The zero-order valence-corrected chi connectivity index (χ0v) is 13.3. The van der Waals surface area contributed by atoms with E-state index in [2.05, 4.69) is 18.1 Å². The Morgan fingerprint density at radius 3 is 2.42 bits per heavy atom. The third-order valence-electron chi connectivity index (χ3n) is 2.61. The Balaban J connectivity index is 3.23. The van der Waals surface area contributed by atoms with Crippen molar-refractivity contribution in [2.75, 3.05) is 5.73 Å². The summed E-state index contributed by atoms with van der Waals surface area (Å²) in [7, 11) is -1.27. The molecule has 19 heavy (non-hydrogen) atoms. The molecule has 0 saturated heterocycles. The number of nitrogens with zero attached hydrogens (tertiary/aromatic N) is 1. The van der Waals surface area contributed by atoms with Crippen molar-refractivity contribution in [3.8, 4) is 0 Å².